The molecule has 0 bridgehead atoms. The third-order valence-electron chi connectivity index (χ3n) is 3.78. The molecule has 0 radical (unpaired) electrons. The van der Waals surface area contributed by atoms with Crippen molar-refractivity contribution in [2.24, 2.45) is 5.92 Å². The summed E-state index contributed by atoms with van der Waals surface area (Å²) in [5, 5.41) is 2.83. The molecule has 0 aromatic heterocycles. The van der Waals surface area contributed by atoms with Crippen LogP contribution in [-0.2, 0) is 9.47 Å². The minimum atomic E-state index is -0.418. The number of amides is 1. The van der Waals surface area contributed by atoms with Gasteiger partial charge in [-0.15, -0.1) is 0 Å². The lowest BCUT2D eigenvalue weighted by molar-refractivity contribution is 0.0525. The monoisotopic (exact) mass is 300 g/mol. The van der Waals surface area contributed by atoms with E-state index in [1.54, 1.807) is 7.11 Å². The number of carbonyl (C=O) groups is 1. The van der Waals surface area contributed by atoms with Crippen LogP contribution in [0.5, 0.6) is 0 Å². The van der Waals surface area contributed by atoms with Gasteiger partial charge in [-0.1, -0.05) is 0 Å². The van der Waals surface area contributed by atoms with Crippen LogP contribution in [0.1, 0.15) is 46.5 Å². The summed E-state index contributed by atoms with van der Waals surface area (Å²) in [6, 6.07) is 0. The van der Waals surface area contributed by atoms with Gasteiger partial charge in [-0.3, -0.25) is 0 Å². The second kappa shape index (κ2) is 9.26. The van der Waals surface area contributed by atoms with Crippen molar-refractivity contribution < 1.29 is 14.3 Å². The van der Waals surface area contributed by atoms with E-state index in [0.717, 1.165) is 25.5 Å². The van der Waals surface area contributed by atoms with Crippen molar-refractivity contribution in [3.8, 4) is 0 Å². The lowest BCUT2D eigenvalue weighted by Gasteiger charge is -2.31. The molecule has 1 rings (SSSR count). The number of likely N-dealkylation sites (tertiary alicyclic amines) is 1. The highest BCUT2D eigenvalue weighted by molar-refractivity contribution is 5.67. The van der Waals surface area contributed by atoms with Gasteiger partial charge in [0.2, 0.25) is 0 Å². The van der Waals surface area contributed by atoms with E-state index in [-0.39, 0.29) is 6.09 Å². The first-order chi connectivity index (χ1) is 9.90. The zero-order valence-electron chi connectivity index (χ0n) is 14.1. The fourth-order valence-electron chi connectivity index (χ4n) is 2.61. The summed E-state index contributed by atoms with van der Waals surface area (Å²) in [6.45, 7) is 10.6. The molecule has 21 heavy (non-hydrogen) atoms. The Kier molecular flexibility index (Phi) is 8.04. The van der Waals surface area contributed by atoms with Crippen LogP contribution in [0.2, 0.25) is 0 Å². The fourth-order valence-corrected chi connectivity index (χ4v) is 2.61. The Labute approximate surface area is 129 Å². The molecule has 1 N–H and O–H groups in total. The zero-order valence-corrected chi connectivity index (χ0v) is 14.1. The van der Waals surface area contributed by atoms with Crippen LogP contribution in [0.15, 0.2) is 0 Å². The van der Waals surface area contributed by atoms with E-state index in [2.05, 4.69) is 10.2 Å². The molecule has 1 saturated heterocycles. The van der Waals surface area contributed by atoms with Gasteiger partial charge in [-0.25, -0.2) is 4.79 Å². The molecule has 1 heterocycles. The van der Waals surface area contributed by atoms with Gasteiger partial charge in [0.1, 0.15) is 5.60 Å². The number of nitrogens with one attached hydrogen (secondary N) is 1. The average Bonchev–Trinajstić information content (AvgIpc) is 2.41. The molecule has 5 heteroatoms. The van der Waals surface area contributed by atoms with Crippen LogP contribution in [0, 0.1) is 5.92 Å². The second-order valence-corrected chi connectivity index (χ2v) is 6.85. The topological polar surface area (TPSA) is 50.8 Å². The lowest BCUT2D eigenvalue weighted by atomic mass is 9.92. The number of hydrogen-bond acceptors (Lipinski definition) is 4. The highest BCUT2D eigenvalue weighted by atomic mass is 16.6. The molecule has 5 nitrogen and oxygen atoms in total. The van der Waals surface area contributed by atoms with Gasteiger partial charge in [0.25, 0.3) is 0 Å². The number of piperidine rings is 1. The Morgan fingerprint density at radius 1 is 1.29 bits per heavy atom. The molecule has 0 saturated carbocycles. The Morgan fingerprint density at radius 3 is 2.52 bits per heavy atom. The first-order valence-electron chi connectivity index (χ1n) is 8.09. The van der Waals surface area contributed by atoms with Gasteiger partial charge in [-0.2, -0.15) is 0 Å². The van der Waals surface area contributed by atoms with E-state index in [1.165, 1.54) is 32.4 Å². The lowest BCUT2D eigenvalue weighted by Crippen LogP contribution is -2.36. The smallest absolute Gasteiger partial charge is 0.407 e. The first kappa shape index (κ1) is 18.2. The van der Waals surface area contributed by atoms with Crippen molar-refractivity contribution in [1.29, 1.82) is 0 Å². The molecule has 1 aliphatic heterocycles. The maximum absolute atomic E-state index is 11.5. The van der Waals surface area contributed by atoms with Crippen LogP contribution in [0.4, 0.5) is 4.79 Å². The Balaban J connectivity index is 2.03. The van der Waals surface area contributed by atoms with Crippen LogP contribution in [-0.4, -0.2) is 56.5 Å². The van der Waals surface area contributed by atoms with Gasteiger partial charge < -0.3 is 19.7 Å². The maximum atomic E-state index is 11.5. The van der Waals surface area contributed by atoms with Gasteiger partial charge in [0, 0.05) is 20.2 Å². The highest BCUT2D eigenvalue weighted by Gasteiger charge is 2.19. The van der Waals surface area contributed by atoms with Crippen molar-refractivity contribution >= 4 is 6.09 Å². The number of methoxy groups -OCH3 is 1. The molecule has 0 spiro atoms. The molecule has 0 atom stereocenters. The van der Waals surface area contributed by atoms with Crippen molar-refractivity contribution in [3.63, 3.8) is 0 Å². The molecular weight excluding hydrogens is 268 g/mol. The quantitative estimate of drug-likeness (QED) is 0.734. The third-order valence-corrected chi connectivity index (χ3v) is 3.78. The van der Waals surface area contributed by atoms with Gasteiger partial charge in [0.05, 0.1) is 6.61 Å². The number of alkyl carbamates (subject to hydrolysis) is 1. The van der Waals surface area contributed by atoms with E-state index < -0.39 is 5.60 Å². The Morgan fingerprint density at radius 2 is 1.95 bits per heavy atom. The second-order valence-electron chi connectivity index (χ2n) is 6.85. The average molecular weight is 300 g/mol. The number of nitrogens with zero attached hydrogens (tertiary/aromatic N) is 1. The molecule has 1 aliphatic rings. The van der Waals surface area contributed by atoms with E-state index in [9.17, 15) is 4.79 Å². The van der Waals surface area contributed by atoms with Gasteiger partial charge >= 0.3 is 6.09 Å². The van der Waals surface area contributed by atoms with E-state index >= 15 is 0 Å². The summed E-state index contributed by atoms with van der Waals surface area (Å²) in [5.41, 5.74) is -0.418. The predicted octanol–water partition coefficient (Wildman–Crippen LogP) is 2.65. The molecule has 0 aromatic carbocycles. The molecular formula is C16H32N2O3. The Bertz CT molecular complexity index is 294. The minimum Gasteiger partial charge on any atom is -0.444 e. The molecule has 0 unspecified atom stereocenters. The normalized spacial score (nSPS) is 17.7. The summed E-state index contributed by atoms with van der Waals surface area (Å²) in [5.74, 6) is 0.796. The number of hydrogen-bond donors (Lipinski definition) is 1. The maximum Gasteiger partial charge on any atom is 0.407 e. The van der Waals surface area contributed by atoms with Crippen molar-refractivity contribution in [2.75, 3.05) is 39.9 Å². The molecule has 1 amide bonds. The number of carbonyl (C=O) groups excluding carboxylic acids is 1. The van der Waals surface area contributed by atoms with Crippen molar-refractivity contribution in [1.82, 2.24) is 10.2 Å². The minimum absolute atomic E-state index is 0.308. The predicted molar refractivity (Wildman–Crippen MR) is 84.5 cm³/mol. The van der Waals surface area contributed by atoms with Crippen molar-refractivity contribution in [2.45, 2.75) is 52.1 Å². The standard InChI is InChI=1S/C16H32N2O3/c1-16(2,3)21-15(19)17-9-5-6-14-7-10-18(11-8-14)12-13-20-4/h14H,5-13H2,1-4H3,(H,17,19). The van der Waals surface area contributed by atoms with Crippen LogP contribution >= 0.6 is 0 Å². The summed E-state index contributed by atoms with van der Waals surface area (Å²) in [7, 11) is 1.75. The zero-order chi connectivity index (χ0) is 15.7. The Hall–Kier alpha value is -0.810. The van der Waals surface area contributed by atoms with Crippen LogP contribution < -0.4 is 5.32 Å². The summed E-state index contributed by atoms with van der Waals surface area (Å²) in [6.07, 6.45) is 4.43. The van der Waals surface area contributed by atoms with Gasteiger partial charge in [0.15, 0.2) is 0 Å². The van der Waals surface area contributed by atoms with Crippen LogP contribution in [0.3, 0.4) is 0 Å². The summed E-state index contributed by atoms with van der Waals surface area (Å²) in [4.78, 5) is 14.0. The summed E-state index contributed by atoms with van der Waals surface area (Å²) >= 11 is 0. The SMILES string of the molecule is COCCN1CCC(CCCNC(=O)OC(C)(C)C)CC1. The third kappa shape index (κ3) is 8.94. The van der Waals surface area contributed by atoms with E-state index in [1.807, 2.05) is 20.8 Å². The first-order valence-corrected chi connectivity index (χ1v) is 8.09. The number of ether oxygens (including phenoxy) is 2. The molecule has 124 valence electrons. The molecule has 0 aliphatic carbocycles. The van der Waals surface area contributed by atoms with Gasteiger partial charge in [-0.05, 0) is 65.5 Å². The fraction of sp³-hybridized carbons (Fsp3) is 0.938. The number of rotatable bonds is 7. The highest BCUT2D eigenvalue weighted by Crippen LogP contribution is 2.21. The van der Waals surface area contributed by atoms with Crippen molar-refractivity contribution in [3.05, 3.63) is 0 Å². The largest absolute Gasteiger partial charge is 0.444 e. The van der Waals surface area contributed by atoms with E-state index in [0.29, 0.717) is 6.54 Å². The van der Waals surface area contributed by atoms with Crippen LogP contribution in [0.25, 0.3) is 0 Å². The summed E-state index contributed by atoms with van der Waals surface area (Å²) < 4.78 is 10.3. The molecule has 1 fully saturated rings. The van der Waals surface area contributed by atoms with E-state index in [4.69, 9.17) is 9.47 Å². The molecule has 0 aromatic rings.